The van der Waals surface area contributed by atoms with Crippen LogP contribution >= 0.6 is 0 Å². The van der Waals surface area contributed by atoms with Gasteiger partial charge in [-0.25, -0.2) is 0 Å². The van der Waals surface area contributed by atoms with E-state index in [2.05, 4.69) is 4.98 Å². The second kappa shape index (κ2) is 9.19. The predicted octanol–water partition coefficient (Wildman–Crippen LogP) is 4.11. The zero-order chi connectivity index (χ0) is 26.3. The Hall–Kier alpha value is -5.05. The number of aromatic hydroxyl groups is 3. The molecule has 0 spiro atoms. The summed E-state index contributed by atoms with van der Waals surface area (Å²) in [6, 6.07) is 18.3. The van der Waals surface area contributed by atoms with Crippen molar-refractivity contribution in [3.8, 4) is 28.6 Å². The molecule has 0 saturated carbocycles. The third kappa shape index (κ3) is 4.06. The molecule has 5 aromatic rings. The van der Waals surface area contributed by atoms with Crippen molar-refractivity contribution in [2.75, 3.05) is 7.11 Å². The Labute approximate surface area is 208 Å². The van der Waals surface area contributed by atoms with Gasteiger partial charge in [-0.3, -0.25) is 14.4 Å². The number of carbonyl (C=O) groups is 1. The summed E-state index contributed by atoms with van der Waals surface area (Å²) in [5.74, 6) is -4.51. The van der Waals surface area contributed by atoms with E-state index < -0.39 is 51.9 Å². The summed E-state index contributed by atoms with van der Waals surface area (Å²) in [7, 11) is 1.17. The number of carbonyl (C=O) groups excluding carboxylic acids is 1. The maximum absolute atomic E-state index is 13.2. The molecule has 0 bridgehead atoms. The van der Waals surface area contributed by atoms with Crippen molar-refractivity contribution in [3.63, 3.8) is 0 Å². The Bertz CT molecular complexity index is 1790. The summed E-state index contributed by atoms with van der Waals surface area (Å²) < 4.78 is 10.9. The van der Waals surface area contributed by atoms with Gasteiger partial charge in [0.1, 0.15) is 16.7 Å². The number of phenolic OH excluding ortho intramolecular Hbond substituents is 3. The number of fused-ring (bicyclic) bond motifs is 2. The molecule has 5 rings (SSSR count). The fraction of sp³-hybridized carbons (Fsp3) is 0.107. The first-order valence-electron chi connectivity index (χ1n) is 11.3. The number of rotatable bonds is 5. The van der Waals surface area contributed by atoms with Crippen LogP contribution in [0, 0.1) is 0 Å². The van der Waals surface area contributed by atoms with Gasteiger partial charge in [0, 0.05) is 34.2 Å². The molecule has 0 fully saturated rings. The van der Waals surface area contributed by atoms with Crippen LogP contribution in [0.1, 0.15) is 23.5 Å². The molecule has 0 radical (unpaired) electrons. The Morgan fingerprint density at radius 2 is 1.65 bits per heavy atom. The van der Waals surface area contributed by atoms with Gasteiger partial charge in [0.05, 0.1) is 13.5 Å². The van der Waals surface area contributed by atoms with Gasteiger partial charge in [-0.15, -0.1) is 0 Å². The molecule has 0 aliphatic rings. The molecule has 0 unspecified atom stereocenters. The fourth-order valence-electron chi connectivity index (χ4n) is 4.48. The molecule has 0 saturated heterocycles. The highest BCUT2D eigenvalue weighted by Gasteiger charge is 2.32. The Kier molecular flexibility index (Phi) is 5.88. The van der Waals surface area contributed by atoms with Crippen LogP contribution in [-0.4, -0.2) is 33.4 Å². The molecule has 3 aromatic carbocycles. The van der Waals surface area contributed by atoms with Crippen molar-refractivity contribution in [2.24, 2.45) is 0 Å². The van der Waals surface area contributed by atoms with Gasteiger partial charge >= 0.3 is 5.97 Å². The number of hydrogen-bond donors (Lipinski definition) is 4. The smallest absolute Gasteiger partial charge is 0.306 e. The molecule has 9 nitrogen and oxygen atoms in total. The minimum absolute atomic E-state index is 0.0542. The molecule has 37 heavy (non-hydrogen) atoms. The molecular weight excluding hydrogens is 478 g/mol. The van der Waals surface area contributed by atoms with Gasteiger partial charge in [0.25, 0.3) is 5.56 Å². The first-order valence-corrected chi connectivity index (χ1v) is 11.3. The van der Waals surface area contributed by atoms with Crippen molar-refractivity contribution in [1.29, 1.82) is 0 Å². The van der Waals surface area contributed by atoms with E-state index in [-0.39, 0.29) is 22.5 Å². The third-order valence-corrected chi connectivity index (χ3v) is 6.30. The van der Waals surface area contributed by atoms with Crippen molar-refractivity contribution in [3.05, 3.63) is 98.4 Å². The van der Waals surface area contributed by atoms with Gasteiger partial charge in [-0.05, 0) is 17.5 Å². The molecule has 1 atom stereocenters. The molecule has 2 aromatic heterocycles. The van der Waals surface area contributed by atoms with Gasteiger partial charge in [0.2, 0.25) is 5.75 Å². The summed E-state index contributed by atoms with van der Waals surface area (Å²) in [5, 5.41) is 32.3. The van der Waals surface area contributed by atoms with Crippen LogP contribution in [-0.2, 0) is 9.53 Å². The Balaban J connectivity index is 1.89. The highest BCUT2D eigenvalue weighted by atomic mass is 16.5. The number of pyridine rings is 1. The lowest BCUT2D eigenvalue weighted by molar-refractivity contribution is -0.140. The lowest BCUT2D eigenvalue weighted by Crippen LogP contribution is -2.20. The highest BCUT2D eigenvalue weighted by Crippen LogP contribution is 2.49. The van der Waals surface area contributed by atoms with Gasteiger partial charge in [0.15, 0.2) is 16.9 Å². The Morgan fingerprint density at radius 1 is 0.946 bits per heavy atom. The number of phenols is 3. The number of aromatic nitrogens is 1. The number of esters is 1. The number of nitrogens with one attached hydrogen (secondary N) is 1. The predicted molar refractivity (Wildman–Crippen MR) is 136 cm³/mol. The van der Waals surface area contributed by atoms with E-state index in [1.165, 1.54) is 7.11 Å². The minimum Gasteiger partial charge on any atom is -0.504 e. The zero-order valence-electron chi connectivity index (χ0n) is 19.5. The second-order valence-corrected chi connectivity index (χ2v) is 8.48. The standard InChI is InChI=1S/C28H21NO8/c1-36-21(31)12-16(17-11-15-9-5-6-10-18(15)29-28(17)35)22-24(32)26(34)25(33)23-19(30)13-20(37-27(22)23)14-7-3-2-4-8-14/h2-11,13,16,32-34H,12H2,1H3,(H,29,35)/t16-/m1/s1. The molecule has 0 amide bonds. The topological polar surface area (TPSA) is 150 Å². The normalized spacial score (nSPS) is 12.0. The van der Waals surface area contributed by atoms with Crippen LogP contribution in [0.3, 0.4) is 0 Å². The van der Waals surface area contributed by atoms with Crippen molar-refractivity contribution < 1.29 is 29.3 Å². The fourth-order valence-corrected chi connectivity index (χ4v) is 4.48. The molecule has 2 heterocycles. The van der Waals surface area contributed by atoms with Gasteiger partial charge in [-0.2, -0.15) is 0 Å². The number of ether oxygens (including phenoxy) is 1. The monoisotopic (exact) mass is 499 g/mol. The molecule has 9 heteroatoms. The van der Waals surface area contributed by atoms with E-state index in [4.69, 9.17) is 9.15 Å². The van der Waals surface area contributed by atoms with E-state index in [1.54, 1.807) is 60.7 Å². The van der Waals surface area contributed by atoms with Gasteiger partial charge < -0.3 is 29.5 Å². The molecule has 186 valence electrons. The largest absolute Gasteiger partial charge is 0.504 e. The maximum Gasteiger partial charge on any atom is 0.306 e. The van der Waals surface area contributed by atoms with Crippen LogP contribution in [0.5, 0.6) is 17.2 Å². The summed E-state index contributed by atoms with van der Waals surface area (Å²) in [6.07, 6.45) is -0.440. The lowest BCUT2D eigenvalue weighted by atomic mass is 9.86. The van der Waals surface area contributed by atoms with Crippen LogP contribution < -0.4 is 11.0 Å². The van der Waals surface area contributed by atoms with Crippen LogP contribution in [0.25, 0.3) is 33.2 Å². The van der Waals surface area contributed by atoms with Crippen molar-refractivity contribution >= 4 is 27.8 Å². The van der Waals surface area contributed by atoms with Crippen LogP contribution in [0.2, 0.25) is 0 Å². The first kappa shape index (κ1) is 23.7. The molecule has 0 aliphatic carbocycles. The number of methoxy groups -OCH3 is 1. The quantitative estimate of drug-likeness (QED) is 0.208. The number of para-hydroxylation sites is 1. The lowest BCUT2D eigenvalue weighted by Gasteiger charge is -2.20. The zero-order valence-corrected chi connectivity index (χ0v) is 19.5. The van der Waals surface area contributed by atoms with E-state index >= 15 is 0 Å². The summed E-state index contributed by atoms with van der Waals surface area (Å²) in [5.41, 5.74) is -0.612. The Morgan fingerprint density at radius 3 is 2.38 bits per heavy atom. The van der Waals surface area contributed by atoms with E-state index in [1.807, 2.05) is 0 Å². The third-order valence-electron chi connectivity index (χ3n) is 6.30. The second-order valence-electron chi connectivity index (χ2n) is 8.48. The van der Waals surface area contributed by atoms with Crippen molar-refractivity contribution in [2.45, 2.75) is 12.3 Å². The van der Waals surface area contributed by atoms with E-state index in [0.717, 1.165) is 6.07 Å². The van der Waals surface area contributed by atoms with E-state index in [0.29, 0.717) is 16.5 Å². The average molecular weight is 499 g/mol. The number of H-pyrrole nitrogens is 1. The maximum atomic E-state index is 13.2. The summed E-state index contributed by atoms with van der Waals surface area (Å²) in [4.78, 5) is 41.5. The number of benzene rings is 3. The average Bonchev–Trinajstić information content (AvgIpc) is 2.91. The van der Waals surface area contributed by atoms with Crippen LogP contribution in [0.15, 0.2) is 80.7 Å². The number of aromatic amines is 1. The minimum atomic E-state index is -1.22. The van der Waals surface area contributed by atoms with Crippen molar-refractivity contribution in [1.82, 2.24) is 4.98 Å². The summed E-state index contributed by atoms with van der Waals surface area (Å²) >= 11 is 0. The molecule has 0 aliphatic heterocycles. The van der Waals surface area contributed by atoms with Gasteiger partial charge in [-0.1, -0.05) is 48.5 Å². The first-order chi connectivity index (χ1) is 17.8. The highest BCUT2D eigenvalue weighted by molar-refractivity contribution is 5.94. The summed E-state index contributed by atoms with van der Waals surface area (Å²) in [6.45, 7) is 0. The molecule has 4 N–H and O–H groups in total. The SMILES string of the molecule is COC(=O)C[C@H](c1cc2ccccc2[nH]c1=O)c1c(O)c(O)c(O)c2c(=O)cc(-c3ccccc3)oc12. The van der Waals surface area contributed by atoms with E-state index in [9.17, 15) is 29.7 Å². The molecular formula is C28H21NO8. The van der Waals surface area contributed by atoms with Crippen LogP contribution in [0.4, 0.5) is 0 Å². The number of hydrogen-bond acceptors (Lipinski definition) is 8.